The molecule has 29 heavy (non-hydrogen) atoms. The molecule has 0 fully saturated rings. The van der Waals surface area contributed by atoms with Crippen molar-refractivity contribution in [2.75, 3.05) is 13.7 Å². The summed E-state index contributed by atoms with van der Waals surface area (Å²) >= 11 is 0. The molecule has 0 aliphatic rings. The number of H-pyrrole nitrogens is 1. The number of nitrogens with one attached hydrogen (secondary N) is 1. The maximum Gasteiger partial charge on any atom is 0.317 e. The number of benzene rings is 2. The van der Waals surface area contributed by atoms with E-state index in [4.69, 9.17) is 9.47 Å². The Balaban J connectivity index is 2.14. The van der Waals surface area contributed by atoms with E-state index >= 15 is 0 Å². The van der Waals surface area contributed by atoms with Gasteiger partial charge in [0.05, 0.1) is 13.7 Å². The van der Waals surface area contributed by atoms with Crippen molar-refractivity contribution in [1.82, 2.24) is 4.98 Å². The number of hydrogen-bond donors (Lipinski definition) is 1. The van der Waals surface area contributed by atoms with Crippen molar-refractivity contribution in [2.45, 2.75) is 38.5 Å². The summed E-state index contributed by atoms with van der Waals surface area (Å²) in [5, 5.41) is 0.867. The molecule has 0 saturated heterocycles. The first kappa shape index (κ1) is 20.6. The summed E-state index contributed by atoms with van der Waals surface area (Å²) in [6.45, 7) is 3.56. The maximum atomic E-state index is 13.3. The van der Waals surface area contributed by atoms with Gasteiger partial charge in [0, 0.05) is 23.5 Å². The van der Waals surface area contributed by atoms with Crippen LogP contribution >= 0.6 is 0 Å². The number of esters is 1. The number of ether oxygens (including phenoxy) is 2. The van der Waals surface area contributed by atoms with Gasteiger partial charge in [-0.15, -0.1) is 0 Å². The Morgan fingerprint density at radius 1 is 1.10 bits per heavy atom. The molecule has 0 aliphatic heterocycles. The number of carbonyl (C=O) groups is 2. The number of ketones is 1. The first-order chi connectivity index (χ1) is 14.0. The molecule has 1 atom stereocenters. The van der Waals surface area contributed by atoms with Crippen molar-refractivity contribution in [2.24, 2.45) is 0 Å². The highest BCUT2D eigenvalue weighted by molar-refractivity contribution is 5.96. The molecule has 0 unspecified atom stereocenters. The highest BCUT2D eigenvalue weighted by Crippen LogP contribution is 2.40. The van der Waals surface area contributed by atoms with Crippen molar-refractivity contribution in [3.63, 3.8) is 0 Å². The fraction of sp³-hybridized carbons (Fsp3) is 0.333. The van der Waals surface area contributed by atoms with Gasteiger partial charge >= 0.3 is 5.97 Å². The molecule has 0 aliphatic carbocycles. The van der Waals surface area contributed by atoms with Crippen LogP contribution in [-0.2, 0) is 26.2 Å². The Morgan fingerprint density at radius 2 is 1.86 bits per heavy atom. The summed E-state index contributed by atoms with van der Waals surface area (Å²) in [7, 11) is 1.61. The van der Waals surface area contributed by atoms with Crippen LogP contribution in [0.3, 0.4) is 0 Å². The van der Waals surface area contributed by atoms with Gasteiger partial charge in [0.2, 0.25) is 0 Å². The molecule has 0 spiro atoms. The van der Waals surface area contributed by atoms with Crippen LogP contribution in [0.15, 0.2) is 54.7 Å². The average molecular weight is 393 g/mol. The summed E-state index contributed by atoms with van der Waals surface area (Å²) in [6, 6.07) is 15.7. The van der Waals surface area contributed by atoms with Crippen molar-refractivity contribution in [1.29, 1.82) is 0 Å². The van der Waals surface area contributed by atoms with E-state index in [0.717, 1.165) is 22.0 Å². The lowest BCUT2D eigenvalue weighted by atomic mass is 9.72. The van der Waals surface area contributed by atoms with Crippen LogP contribution in [0.25, 0.3) is 10.9 Å². The van der Waals surface area contributed by atoms with E-state index in [9.17, 15) is 9.59 Å². The molecular weight excluding hydrogens is 366 g/mol. The van der Waals surface area contributed by atoms with E-state index in [1.54, 1.807) is 14.0 Å². The average Bonchev–Trinajstić information content (AvgIpc) is 3.15. The molecule has 3 aromatic rings. The maximum absolute atomic E-state index is 13.3. The molecule has 1 N–H and O–H groups in total. The van der Waals surface area contributed by atoms with Crippen LogP contribution in [0.2, 0.25) is 0 Å². The zero-order chi connectivity index (χ0) is 20.9. The standard InChI is InChI=1S/C24H27NO4/c1-4-29-23(27)24(15-17(2)26,13-12-18-8-6-5-7-9-18)21-16-25-22-11-10-19(28-3)14-20(21)22/h5-11,14,16,25H,4,12-13,15H2,1-3H3/t24-/m0/s1. The zero-order valence-electron chi connectivity index (χ0n) is 17.2. The highest BCUT2D eigenvalue weighted by Gasteiger charge is 2.44. The Morgan fingerprint density at radius 3 is 2.52 bits per heavy atom. The number of aromatic nitrogens is 1. The van der Waals surface area contributed by atoms with E-state index in [1.165, 1.54) is 6.92 Å². The SMILES string of the molecule is CCOC(=O)[C@@](CCc1ccccc1)(CC(C)=O)c1c[nH]c2ccc(OC)cc12. The van der Waals surface area contributed by atoms with Crippen LogP contribution in [-0.4, -0.2) is 30.5 Å². The molecule has 1 aromatic heterocycles. The summed E-state index contributed by atoms with van der Waals surface area (Å²) in [5.74, 6) is 0.278. The van der Waals surface area contributed by atoms with Gasteiger partial charge in [-0.3, -0.25) is 9.59 Å². The molecule has 2 aromatic carbocycles. The van der Waals surface area contributed by atoms with Gasteiger partial charge in [0.1, 0.15) is 16.9 Å². The largest absolute Gasteiger partial charge is 0.497 e. The number of aromatic amines is 1. The number of Topliss-reactive ketones (excluding diaryl/α,β-unsaturated/α-hetero) is 1. The van der Waals surface area contributed by atoms with Crippen LogP contribution in [0.4, 0.5) is 0 Å². The number of methoxy groups -OCH3 is 1. The molecule has 5 nitrogen and oxygen atoms in total. The molecule has 0 saturated carbocycles. The van der Waals surface area contributed by atoms with E-state index in [0.29, 0.717) is 18.6 Å². The zero-order valence-corrected chi connectivity index (χ0v) is 17.2. The molecule has 0 bridgehead atoms. The Hall–Kier alpha value is -3.08. The van der Waals surface area contributed by atoms with Crippen molar-refractivity contribution >= 4 is 22.7 Å². The van der Waals surface area contributed by atoms with Gasteiger partial charge in [-0.1, -0.05) is 30.3 Å². The minimum Gasteiger partial charge on any atom is -0.497 e. The second-order valence-corrected chi connectivity index (χ2v) is 7.28. The van der Waals surface area contributed by atoms with Crippen molar-refractivity contribution < 1.29 is 19.1 Å². The second kappa shape index (κ2) is 8.95. The number of rotatable bonds is 9. The first-order valence-corrected chi connectivity index (χ1v) is 9.86. The molecular formula is C24H27NO4. The highest BCUT2D eigenvalue weighted by atomic mass is 16.5. The van der Waals surface area contributed by atoms with Gasteiger partial charge in [-0.2, -0.15) is 0 Å². The minimum atomic E-state index is -1.07. The quantitative estimate of drug-likeness (QED) is 0.540. The van der Waals surface area contributed by atoms with Crippen LogP contribution in [0, 0.1) is 0 Å². The van der Waals surface area contributed by atoms with E-state index in [-0.39, 0.29) is 24.8 Å². The number of fused-ring (bicyclic) bond motifs is 1. The first-order valence-electron chi connectivity index (χ1n) is 9.86. The van der Waals surface area contributed by atoms with Crippen LogP contribution in [0.1, 0.15) is 37.8 Å². The fourth-order valence-corrected chi connectivity index (χ4v) is 3.92. The summed E-state index contributed by atoms with van der Waals surface area (Å²) in [6.07, 6.45) is 3.04. The topological polar surface area (TPSA) is 68.4 Å². The van der Waals surface area contributed by atoms with Crippen LogP contribution < -0.4 is 4.74 Å². The predicted molar refractivity (Wildman–Crippen MR) is 113 cm³/mol. The third-order valence-corrected chi connectivity index (χ3v) is 5.30. The number of carbonyl (C=O) groups excluding carboxylic acids is 2. The predicted octanol–water partition coefficient (Wildman–Crippen LogP) is 4.59. The Kier molecular flexibility index (Phi) is 6.37. The van der Waals surface area contributed by atoms with Crippen molar-refractivity contribution in [3.05, 3.63) is 65.9 Å². The number of aryl methyl sites for hydroxylation is 1. The summed E-state index contributed by atoms with van der Waals surface area (Å²) in [4.78, 5) is 28.8. The van der Waals surface area contributed by atoms with Gasteiger partial charge in [0.15, 0.2) is 0 Å². The molecule has 0 amide bonds. The molecule has 3 rings (SSSR count). The lowest BCUT2D eigenvalue weighted by molar-refractivity contribution is -0.152. The molecule has 1 heterocycles. The normalized spacial score (nSPS) is 13.1. The Labute approximate surface area is 171 Å². The lowest BCUT2D eigenvalue weighted by Crippen LogP contribution is -2.40. The van der Waals surface area contributed by atoms with Gasteiger partial charge in [-0.05, 0) is 56.0 Å². The van der Waals surface area contributed by atoms with Gasteiger partial charge in [0.25, 0.3) is 0 Å². The van der Waals surface area contributed by atoms with Gasteiger partial charge in [-0.25, -0.2) is 0 Å². The second-order valence-electron chi connectivity index (χ2n) is 7.28. The fourth-order valence-electron chi connectivity index (χ4n) is 3.92. The molecule has 0 radical (unpaired) electrons. The summed E-state index contributed by atoms with van der Waals surface area (Å²) in [5.41, 5.74) is 1.71. The molecule has 152 valence electrons. The van der Waals surface area contributed by atoms with Crippen molar-refractivity contribution in [3.8, 4) is 5.75 Å². The van der Waals surface area contributed by atoms with Gasteiger partial charge < -0.3 is 14.5 Å². The minimum absolute atomic E-state index is 0.0524. The van der Waals surface area contributed by atoms with E-state index in [2.05, 4.69) is 4.98 Å². The lowest BCUT2D eigenvalue weighted by Gasteiger charge is -2.31. The summed E-state index contributed by atoms with van der Waals surface area (Å²) < 4.78 is 10.9. The van der Waals surface area contributed by atoms with E-state index < -0.39 is 5.41 Å². The third kappa shape index (κ3) is 4.34. The molecule has 5 heteroatoms. The Bertz CT molecular complexity index is 993. The third-order valence-electron chi connectivity index (χ3n) is 5.30. The monoisotopic (exact) mass is 393 g/mol. The van der Waals surface area contributed by atoms with E-state index in [1.807, 2.05) is 54.7 Å². The van der Waals surface area contributed by atoms with Crippen LogP contribution in [0.5, 0.6) is 5.75 Å². The number of hydrogen-bond acceptors (Lipinski definition) is 4. The smallest absolute Gasteiger partial charge is 0.317 e.